The molecule has 18 heavy (non-hydrogen) atoms. The third kappa shape index (κ3) is 3.97. The van der Waals surface area contributed by atoms with Gasteiger partial charge in [0.2, 0.25) is 0 Å². The molecule has 0 aliphatic carbocycles. The van der Waals surface area contributed by atoms with E-state index in [0.717, 1.165) is 0 Å². The Morgan fingerprint density at radius 3 is 2.28 bits per heavy atom. The smallest absolute Gasteiger partial charge is 0.192 e. The Bertz CT molecular complexity index is 432. The Morgan fingerprint density at radius 2 is 1.83 bits per heavy atom. The lowest BCUT2D eigenvalue weighted by Crippen LogP contribution is -2.22. The first-order valence-corrected chi connectivity index (χ1v) is 5.71. The molecular weight excluding hydrogens is 238 g/mol. The zero-order valence-electron chi connectivity index (χ0n) is 10.6. The number of hydrogen-bond acceptors (Lipinski definition) is 3. The van der Waals surface area contributed by atoms with E-state index in [4.69, 9.17) is 10.00 Å². The van der Waals surface area contributed by atoms with Crippen LogP contribution in [-0.4, -0.2) is 12.1 Å². The Balaban J connectivity index is 2.87. The largest absolute Gasteiger partial charge is 0.470 e. The molecular formula is C13H16F2N2O. The van der Waals surface area contributed by atoms with E-state index in [1.54, 1.807) is 6.07 Å². The van der Waals surface area contributed by atoms with Crippen molar-refractivity contribution in [3.05, 3.63) is 29.3 Å². The maximum Gasteiger partial charge on any atom is 0.192 e. The summed E-state index contributed by atoms with van der Waals surface area (Å²) in [5.74, 6) is -2.09. The van der Waals surface area contributed by atoms with E-state index in [1.807, 2.05) is 13.8 Å². The minimum atomic E-state index is -0.895. The van der Waals surface area contributed by atoms with Crippen LogP contribution in [0.4, 0.5) is 8.78 Å². The van der Waals surface area contributed by atoms with Crippen LogP contribution in [0.2, 0.25) is 0 Å². The summed E-state index contributed by atoms with van der Waals surface area (Å²) < 4.78 is 32.1. The third-order valence-electron chi connectivity index (χ3n) is 2.25. The van der Waals surface area contributed by atoms with Gasteiger partial charge in [0.25, 0.3) is 0 Å². The average molecular weight is 254 g/mol. The van der Waals surface area contributed by atoms with Gasteiger partial charge in [-0.15, -0.1) is 0 Å². The van der Waals surface area contributed by atoms with Gasteiger partial charge in [-0.1, -0.05) is 13.8 Å². The van der Waals surface area contributed by atoms with Gasteiger partial charge in [-0.3, -0.25) is 0 Å². The summed E-state index contributed by atoms with van der Waals surface area (Å²) in [6, 6.07) is 4.39. The first-order chi connectivity index (χ1) is 8.43. The fraction of sp³-hybridized carbons (Fsp3) is 0.462. The molecule has 0 saturated carbocycles. The normalized spacial score (nSPS) is 12.3. The van der Waals surface area contributed by atoms with Crippen LogP contribution in [-0.2, 0) is 6.54 Å². The lowest BCUT2D eigenvalue weighted by Gasteiger charge is -2.12. The molecule has 1 unspecified atom stereocenters. The second kappa shape index (κ2) is 6.31. The number of benzene rings is 1. The first-order valence-electron chi connectivity index (χ1n) is 5.71. The van der Waals surface area contributed by atoms with Crippen molar-refractivity contribution >= 4 is 0 Å². The molecule has 0 spiro atoms. The van der Waals surface area contributed by atoms with E-state index >= 15 is 0 Å². The van der Waals surface area contributed by atoms with Crippen molar-refractivity contribution in [3.63, 3.8) is 0 Å². The topological polar surface area (TPSA) is 45.0 Å². The van der Waals surface area contributed by atoms with Crippen LogP contribution in [0.5, 0.6) is 5.75 Å². The van der Waals surface area contributed by atoms with Gasteiger partial charge >= 0.3 is 0 Å². The summed E-state index contributed by atoms with van der Waals surface area (Å²) >= 11 is 0. The Morgan fingerprint density at radius 1 is 1.28 bits per heavy atom. The number of hydrogen-bond donors (Lipinski definition) is 1. The Hall–Kier alpha value is -1.67. The van der Waals surface area contributed by atoms with Crippen molar-refractivity contribution in [3.8, 4) is 11.8 Å². The van der Waals surface area contributed by atoms with Gasteiger partial charge in [0, 0.05) is 12.6 Å². The monoisotopic (exact) mass is 254 g/mol. The van der Waals surface area contributed by atoms with Crippen molar-refractivity contribution in [2.45, 2.75) is 39.5 Å². The highest BCUT2D eigenvalue weighted by Crippen LogP contribution is 2.24. The summed E-state index contributed by atoms with van der Waals surface area (Å²) in [4.78, 5) is 0. The van der Waals surface area contributed by atoms with Crippen molar-refractivity contribution < 1.29 is 13.5 Å². The number of nitrogens with one attached hydrogen (secondary N) is 1. The van der Waals surface area contributed by atoms with Gasteiger partial charge in [-0.05, 0) is 24.6 Å². The molecule has 0 radical (unpaired) electrons. The number of halogens is 2. The predicted octanol–water partition coefficient (Wildman–Crippen LogP) is 2.75. The molecule has 0 amide bonds. The fourth-order valence-corrected chi connectivity index (χ4v) is 1.35. The molecule has 1 N–H and O–H groups in total. The van der Waals surface area contributed by atoms with Gasteiger partial charge in [0.1, 0.15) is 6.07 Å². The maximum atomic E-state index is 13.6. The molecule has 0 aliphatic heterocycles. The van der Waals surface area contributed by atoms with Crippen LogP contribution in [0.1, 0.15) is 26.3 Å². The van der Waals surface area contributed by atoms with Crippen molar-refractivity contribution in [1.82, 2.24) is 5.32 Å². The molecule has 0 saturated heterocycles. The minimum absolute atomic E-state index is 0.227. The quantitative estimate of drug-likeness (QED) is 0.878. The number of ether oxygens (including phenoxy) is 1. The molecule has 98 valence electrons. The summed E-state index contributed by atoms with van der Waals surface area (Å²) in [5.41, 5.74) is 0.496. The molecule has 0 aliphatic rings. The second-order valence-electron chi connectivity index (χ2n) is 4.31. The molecule has 0 heterocycles. The van der Waals surface area contributed by atoms with Crippen molar-refractivity contribution in [2.24, 2.45) is 0 Å². The van der Waals surface area contributed by atoms with Crippen LogP contribution in [0.15, 0.2) is 12.1 Å². The van der Waals surface area contributed by atoms with Gasteiger partial charge in [-0.25, -0.2) is 8.78 Å². The Kier molecular flexibility index (Phi) is 5.05. The van der Waals surface area contributed by atoms with Gasteiger partial charge in [0.05, 0.1) is 0 Å². The summed E-state index contributed by atoms with van der Waals surface area (Å²) in [6.45, 7) is 5.68. The van der Waals surface area contributed by atoms with E-state index in [0.29, 0.717) is 12.1 Å². The lowest BCUT2D eigenvalue weighted by atomic mass is 10.2. The molecule has 1 aromatic rings. The number of nitrogens with zero attached hydrogens (tertiary/aromatic N) is 1. The standard InChI is InChI=1S/C13H16F2N2O/c1-8(2)17-7-10-4-11(14)13(12(15)5-10)18-9(3)6-16/h4-5,8-9,17H,7H2,1-3H3. The zero-order valence-corrected chi connectivity index (χ0v) is 10.6. The van der Waals surface area contributed by atoms with E-state index < -0.39 is 23.5 Å². The highest BCUT2D eigenvalue weighted by atomic mass is 19.1. The molecule has 3 nitrogen and oxygen atoms in total. The summed E-state index contributed by atoms with van der Waals surface area (Å²) in [6.07, 6.45) is -0.895. The van der Waals surface area contributed by atoms with Crippen LogP contribution >= 0.6 is 0 Å². The van der Waals surface area contributed by atoms with Crippen molar-refractivity contribution in [1.29, 1.82) is 5.26 Å². The maximum absolute atomic E-state index is 13.6. The zero-order chi connectivity index (χ0) is 13.7. The van der Waals surface area contributed by atoms with E-state index in [-0.39, 0.29) is 6.04 Å². The van der Waals surface area contributed by atoms with Gasteiger partial charge in [0.15, 0.2) is 23.5 Å². The number of nitriles is 1. The molecule has 0 aromatic heterocycles. The molecule has 0 bridgehead atoms. The molecule has 0 fully saturated rings. The van der Waals surface area contributed by atoms with Gasteiger partial charge in [-0.2, -0.15) is 5.26 Å². The van der Waals surface area contributed by atoms with Crippen LogP contribution < -0.4 is 10.1 Å². The van der Waals surface area contributed by atoms with Crippen LogP contribution in [0.25, 0.3) is 0 Å². The Labute approximate surface area is 105 Å². The second-order valence-corrected chi connectivity index (χ2v) is 4.31. The molecule has 1 aromatic carbocycles. The lowest BCUT2D eigenvalue weighted by molar-refractivity contribution is 0.249. The molecule has 5 heteroatoms. The molecule has 1 rings (SSSR count). The predicted molar refractivity (Wildman–Crippen MR) is 64.0 cm³/mol. The SMILES string of the molecule is CC(C)NCc1cc(F)c(OC(C)C#N)c(F)c1. The highest BCUT2D eigenvalue weighted by Gasteiger charge is 2.15. The summed E-state index contributed by atoms with van der Waals surface area (Å²) in [7, 11) is 0. The fourth-order valence-electron chi connectivity index (χ4n) is 1.35. The average Bonchev–Trinajstić information content (AvgIpc) is 2.30. The first kappa shape index (κ1) is 14.4. The molecule has 1 atom stereocenters. The number of rotatable bonds is 5. The minimum Gasteiger partial charge on any atom is -0.470 e. The third-order valence-corrected chi connectivity index (χ3v) is 2.25. The summed E-state index contributed by atoms with van der Waals surface area (Å²) in [5, 5.41) is 11.6. The van der Waals surface area contributed by atoms with Gasteiger partial charge < -0.3 is 10.1 Å². The highest BCUT2D eigenvalue weighted by molar-refractivity contribution is 5.31. The van der Waals surface area contributed by atoms with Crippen LogP contribution in [0, 0.1) is 23.0 Å². The van der Waals surface area contributed by atoms with E-state index in [1.165, 1.54) is 19.1 Å². The van der Waals surface area contributed by atoms with E-state index in [9.17, 15) is 8.78 Å². The van der Waals surface area contributed by atoms with Crippen molar-refractivity contribution in [2.75, 3.05) is 0 Å². The van der Waals surface area contributed by atoms with Crippen LogP contribution in [0.3, 0.4) is 0 Å². The van der Waals surface area contributed by atoms with E-state index in [2.05, 4.69) is 5.32 Å².